The topological polar surface area (TPSA) is 20.2 Å². The van der Waals surface area contributed by atoms with Gasteiger partial charge in [-0.05, 0) is 25.2 Å². The van der Waals surface area contributed by atoms with Gasteiger partial charge < -0.3 is 5.11 Å². The zero-order valence-electron chi connectivity index (χ0n) is 9.63. The van der Waals surface area contributed by atoms with Crippen molar-refractivity contribution in [3.63, 3.8) is 0 Å². The van der Waals surface area contributed by atoms with Crippen LogP contribution in [-0.2, 0) is 0 Å². The van der Waals surface area contributed by atoms with E-state index in [4.69, 9.17) is 0 Å². The number of hydrogen-bond acceptors (Lipinski definition) is 1. The molecule has 1 saturated carbocycles. The fraction of sp³-hybridized carbons (Fsp3) is 0.846. The number of rotatable bonds is 4. The van der Waals surface area contributed by atoms with E-state index in [0.717, 1.165) is 6.42 Å². The summed E-state index contributed by atoms with van der Waals surface area (Å²) >= 11 is 0. The van der Waals surface area contributed by atoms with Crippen LogP contribution < -0.4 is 0 Å². The monoisotopic (exact) mass is 196 g/mol. The molecule has 1 aliphatic rings. The van der Waals surface area contributed by atoms with E-state index in [1.807, 2.05) is 6.08 Å². The van der Waals surface area contributed by atoms with E-state index in [-0.39, 0.29) is 5.92 Å². The number of aliphatic hydroxyl groups is 1. The second kappa shape index (κ2) is 4.97. The summed E-state index contributed by atoms with van der Waals surface area (Å²) < 4.78 is 0. The van der Waals surface area contributed by atoms with Crippen LogP contribution in [0.4, 0.5) is 0 Å². The highest BCUT2D eigenvalue weighted by atomic mass is 16.3. The van der Waals surface area contributed by atoms with Crippen molar-refractivity contribution in [3.05, 3.63) is 12.7 Å². The van der Waals surface area contributed by atoms with E-state index in [9.17, 15) is 5.11 Å². The predicted molar refractivity (Wildman–Crippen MR) is 61.2 cm³/mol. The van der Waals surface area contributed by atoms with Gasteiger partial charge in [-0.15, -0.1) is 6.58 Å². The Morgan fingerprint density at radius 3 is 2.43 bits per heavy atom. The Morgan fingerprint density at radius 1 is 1.43 bits per heavy atom. The Morgan fingerprint density at radius 2 is 2.00 bits per heavy atom. The Bertz CT molecular complexity index is 182. The Labute approximate surface area is 88.2 Å². The summed E-state index contributed by atoms with van der Waals surface area (Å²) in [5, 5.41) is 10.6. The van der Waals surface area contributed by atoms with Gasteiger partial charge in [-0.25, -0.2) is 0 Å². The molecule has 2 atom stereocenters. The third-order valence-corrected chi connectivity index (χ3v) is 4.02. The van der Waals surface area contributed by atoms with Gasteiger partial charge in [0.25, 0.3) is 0 Å². The molecule has 1 heteroatoms. The normalized spacial score (nSPS) is 25.4. The zero-order valence-corrected chi connectivity index (χ0v) is 9.63. The molecule has 0 aliphatic heterocycles. The maximum absolute atomic E-state index is 10.6. The van der Waals surface area contributed by atoms with Gasteiger partial charge in [0.05, 0.1) is 5.60 Å². The molecule has 1 N–H and O–H groups in total. The standard InChI is InChI=1S/C13H24O/c1-4-11(3)13(14,5-2)12-9-7-6-8-10-12/h4,11-12,14H,1,5-10H2,2-3H3. The van der Waals surface area contributed by atoms with Crippen molar-refractivity contribution >= 4 is 0 Å². The highest BCUT2D eigenvalue weighted by Gasteiger charge is 2.38. The van der Waals surface area contributed by atoms with Gasteiger partial charge in [0.2, 0.25) is 0 Å². The minimum Gasteiger partial charge on any atom is -0.389 e. The lowest BCUT2D eigenvalue weighted by molar-refractivity contribution is -0.0648. The van der Waals surface area contributed by atoms with Gasteiger partial charge in [0, 0.05) is 5.92 Å². The second-order valence-corrected chi connectivity index (χ2v) is 4.70. The molecule has 0 aromatic heterocycles. The lowest BCUT2D eigenvalue weighted by atomic mass is 9.70. The number of hydrogen-bond donors (Lipinski definition) is 1. The third kappa shape index (κ3) is 2.20. The lowest BCUT2D eigenvalue weighted by Gasteiger charge is -2.41. The molecule has 1 fully saturated rings. The second-order valence-electron chi connectivity index (χ2n) is 4.70. The summed E-state index contributed by atoms with van der Waals surface area (Å²) in [5.41, 5.74) is -0.498. The fourth-order valence-corrected chi connectivity index (χ4v) is 2.79. The smallest absolute Gasteiger partial charge is 0.0732 e. The van der Waals surface area contributed by atoms with Gasteiger partial charge in [0.1, 0.15) is 0 Å². The van der Waals surface area contributed by atoms with Gasteiger partial charge in [-0.2, -0.15) is 0 Å². The summed E-state index contributed by atoms with van der Waals surface area (Å²) in [6.45, 7) is 7.99. The third-order valence-electron chi connectivity index (χ3n) is 4.02. The summed E-state index contributed by atoms with van der Waals surface area (Å²) in [6.07, 6.45) is 9.07. The molecule has 0 bridgehead atoms. The summed E-state index contributed by atoms with van der Waals surface area (Å²) in [7, 11) is 0. The Balaban J connectivity index is 2.70. The summed E-state index contributed by atoms with van der Waals surface area (Å²) in [6, 6.07) is 0. The van der Waals surface area contributed by atoms with Crippen molar-refractivity contribution < 1.29 is 5.11 Å². The van der Waals surface area contributed by atoms with Gasteiger partial charge in [-0.3, -0.25) is 0 Å². The van der Waals surface area contributed by atoms with Crippen LogP contribution in [0.15, 0.2) is 12.7 Å². The van der Waals surface area contributed by atoms with Gasteiger partial charge in [-0.1, -0.05) is 39.2 Å². The Hall–Kier alpha value is -0.300. The molecule has 1 aliphatic carbocycles. The van der Waals surface area contributed by atoms with E-state index < -0.39 is 5.60 Å². The maximum Gasteiger partial charge on any atom is 0.0732 e. The molecule has 0 heterocycles. The van der Waals surface area contributed by atoms with Crippen molar-refractivity contribution in [1.29, 1.82) is 0 Å². The van der Waals surface area contributed by atoms with Crippen LogP contribution in [-0.4, -0.2) is 10.7 Å². The van der Waals surface area contributed by atoms with Crippen LogP contribution in [0, 0.1) is 11.8 Å². The van der Waals surface area contributed by atoms with Crippen molar-refractivity contribution in [3.8, 4) is 0 Å². The van der Waals surface area contributed by atoms with Crippen molar-refractivity contribution in [2.45, 2.75) is 58.0 Å². The molecule has 1 rings (SSSR count). The molecule has 0 spiro atoms. The SMILES string of the molecule is C=CC(C)C(O)(CC)C1CCCCC1. The van der Waals surface area contributed by atoms with Crippen LogP contribution in [0.3, 0.4) is 0 Å². The fourth-order valence-electron chi connectivity index (χ4n) is 2.79. The quantitative estimate of drug-likeness (QED) is 0.682. The maximum atomic E-state index is 10.6. The molecule has 1 nitrogen and oxygen atoms in total. The molecule has 0 amide bonds. The highest BCUT2D eigenvalue weighted by molar-refractivity contribution is 4.97. The first-order chi connectivity index (χ1) is 6.65. The first kappa shape index (κ1) is 11.8. The van der Waals surface area contributed by atoms with E-state index in [1.165, 1.54) is 32.1 Å². The molecule has 0 aromatic rings. The predicted octanol–water partition coefficient (Wildman–Crippen LogP) is 3.53. The minimum absolute atomic E-state index is 0.218. The lowest BCUT2D eigenvalue weighted by Crippen LogP contribution is -2.43. The van der Waals surface area contributed by atoms with Gasteiger partial charge >= 0.3 is 0 Å². The molecule has 0 radical (unpaired) electrons. The van der Waals surface area contributed by atoms with Crippen LogP contribution in [0.25, 0.3) is 0 Å². The van der Waals surface area contributed by atoms with Crippen LogP contribution in [0.2, 0.25) is 0 Å². The average molecular weight is 196 g/mol. The minimum atomic E-state index is -0.498. The van der Waals surface area contributed by atoms with E-state index in [0.29, 0.717) is 5.92 Å². The summed E-state index contributed by atoms with van der Waals surface area (Å²) in [5.74, 6) is 0.713. The van der Waals surface area contributed by atoms with E-state index in [2.05, 4.69) is 20.4 Å². The molecular weight excluding hydrogens is 172 g/mol. The summed E-state index contributed by atoms with van der Waals surface area (Å²) in [4.78, 5) is 0. The van der Waals surface area contributed by atoms with Gasteiger partial charge in [0.15, 0.2) is 0 Å². The van der Waals surface area contributed by atoms with Crippen LogP contribution >= 0.6 is 0 Å². The largest absolute Gasteiger partial charge is 0.389 e. The average Bonchev–Trinajstić information content (AvgIpc) is 2.28. The molecule has 0 aromatic carbocycles. The highest BCUT2D eigenvalue weighted by Crippen LogP contribution is 2.39. The first-order valence-corrected chi connectivity index (χ1v) is 6.00. The van der Waals surface area contributed by atoms with Crippen molar-refractivity contribution in [2.75, 3.05) is 0 Å². The first-order valence-electron chi connectivity index (χ1n) is 6.00. The van der Waals surface area contributed by atoms with Crippen LogP contribution in [0.5, 0.6) is 0 Å². The Kier molecular flexibility index (Phi) is 4.18. The van der Waals surface area contributed by atoms with E-state index >= 15 is 0 Å². The van der Waals surface area contributed by atoms with Crippen molar-refractivity contribution in [2.24, 2.45) is 11.8 Å². The van der Waals surface area contributed by atoms with Crippen molar-refractivity contribution in [1.82, 2.24) is 0 Å². The molecule has 0 saturated heterocycles. The molecule has 82 valence electrons. The molecule has 14 heavy (non-hydrogen) atoms. The molecular formula is C13H24O. The zero-order chi connectivity index (χ0) is 10.6. The molecule has 2 unspecified atom stereocenters. The van der Waals surface area contributed by atoms with Crippen LogP contribution in [0.1, 0.15) is 52.4 Å². The van der Waals surface area contributed by atoms with E-state index in [1.54, 1.807) is 0 Å².